The predicted molar refractivity (Wildman–Crippen MR) is 83.6 cm³/mol. The Bertz CT molecular complexity index is 540. The van der Waals surface area contributed by atoms with Crippen LogP contribution in [0.25, 0.3) is 0 Å². The lowest BCUT2D eigenvalue weighted by molar-refractivity contribution is -0.120. The molecule has 0 aliphatic heterocycles. The average molecular weight is 364 g/mol. The number of carbonyl (C=O) groups excluding carboxylic acids is 2. The molecule has 0 fully saturated rings. The quantitative estimate of drug-likeness (QED) is 0.340. The van der Waals surface area contributed by atoms with E-state index in [1.165, 1.54) is 0 Å². The van der Waals surface area contributed by atoms with Gasteiger partial charge in [-0.2, -0.15) is 0 Å². The first-order chi connectivity index (χ1) is 11.1. The number of hydrogen-bond acceptors (Lipinski definition) is 6. The monoisotopic (exact) mass is 364 g/mol. The Hall–Kier alpha value is -1.81. The number of ketones is 1. The highest BCUT2D eigenvalue weighted by atomic mass is 31.2. The van der Waals surface area contributed by atoms with E-state index in [1.807, 2.05) is 30.3 Å². The fourth-order valence-electron chi connectivity index (χ4n) is 1.35. The molecule has 24 heavy (non-hydrogen) atoms. The number of benzene rings is 1. The molecule has 0 saturated carbocycles. The van der Waals surface area contributed by atoms with Gasteiger partial charge in [0.2, 0.25) is 0 Å². The smallest absolute Gasteiger partial charge is 0.445 e. The van der Waals surface area contributed by atoms with Crippen molar-refractivity contribution in [2.75, 3.05) is 13.2 Å². The van der Waals surface area contributed by atoms with Crippen molar-refractivity contribution in [3.05, 3.63) is 35.9 Å². The van der Waals surface area contributed by atoms with Crippen molar-refractivity contribution in [1.29, 1.82) is 0 Å². The number of alkyl carbamates (subject to hydrolysis) is 1. The summed E-state index contributed by atoms with van der Waals surface area (Å²) in [6.45, 7) is -0.0752. The summed E-state index contributed by atoms with van der Waals surface area (Å²) in [5, 5.41) is 11.1. The molecule has 0 aliphatic rings. The van der Waals surface area contributed by atoms with Gasteiger partial charge in [0.05, 0.1) is 12.6 Å². The third kappa shape index (κ3) is 13.8. The van der Waals surface area contributed by atoms with Gasteiger partial charge in [0.15, 0.2) is 5.78 Å². The van der Waals surface area contributed by atoms with E-state index in [4.69, 9.17) is 34.8 Å². The van der Waals surface area contributed by atoms with Crippen LogP contribution < -0.4 is 11.1 Å². The summed E-state index contributed by atoms with van der Waals surface area (Å²) in [6, 6.07) is 8.38. The Labute approximate surface area is 138 Å². The molecule has 7 N–H and O–H groups in total. The molecule has 0 saturated heterocycles. The minimum Gasteiger partial charge on any atom is -0.445 e. The van der Waals surface area contributed by atoms with Crippen molar-refractivity contribution in [2.24, 2.45) is 5.73 Å². The van der Waals surface area contributed by atoms with Crippen molar-refractivity contribution >= 4 is 19.7 Å². The van der Waals surface area contributed by atoms with Gasteiger partial charge < -0.3 is 35.6 Å². The second kappa shape index (κ2) is 11.7. The maximum absolute atomic E-state index is 11.3. The van der Waals surface area contributed by atoms with Gasteiger partial charge in [-0.25, -0.2) is 9.36 Å². The predicted octanol–water partition coefficient (Wildman–Crippen LogP) is -0.737. The molecule has 1 rings (SSSR count). The Morgan fingerprint density at radius 2 is 1.75 bits per heavy atom. The van der Waals surface area contributed by atoms with Crippen molar-refractivity contribution in [2.45, 2.75) is 19.1 Å². The van der Waals surface area contributed by atoms with E-state index in [9.17, 15) is 9.59 Å². The summed E-state index contributed by atoms with van der Waals surface area (Å²) in [5.41, 5.74) is 6.21. The molecule has 1 amide bonds. The van der Waals surface area contributed by atoms with Gasteiger partial charge in [0, 0.05) is 13.0 Å². The lowest BCUT2D eigenvalue weighted by Gasteiger charge is -2.08. The number of Topliss-reactive ketones (excluding diaryl/α,β-unsaturated/α-hetero) is 1. The Morgan fingerprint density at radius 3 is 2.25 bits per heavy atom. The van der Waals surface area contributed by atoms with Gasteiger partial charge in [-0.3, -0.25) is 4.79 Å². The molecule has 1 aromatic rings. The van der Waals surface area contributed by atoms with Crippen molar-refractivity contribution < 1.29 is 38.7 Å². The SMILES string of the molecule is NC(CO)C(=O)CCNC(=O)OCc1ccccc1.O=P(O)(O)O. The number of phosphoric acid groups is 1. The lowest BCUT2D eigenvalue weighted by atomic mass is 10.1. The Morgan fingerprint density at radius 1 is 1.21 bits per heavy atom. The highest BCUT2D eigenvalue weighted by molar-refractivity contribution is 7.45. The number of hydrogen-bond donors (Lipinski definition) is 6. The second-order valence-electron chi connectivity index (χ2n) is 4.51. The zero-order valence-corrected chi connectivity index (χ0v) is 13.6. The third-order valence-electron chi connectivity index (χ3n) is 2.46. The normalized spacial score (nSPS) is 11.7. The minimum atomic E-state index is -4.64. The molecule has 0 bridgehead atoms. The molecule has 0 aliphatic carbocycles. The van der Waals surface area contributed by atoms with Crippen LogP contribution in [0.5, 0.6) is 0 Å². The summed E-state index contributed by atoms with van der Waals surface area (Å²) in [6.07, 6.45) is -0.517. The standard InChI is InChI=1S/C13H18N2O4.H3O4P/c14-11(8-16)12(17)6-7-15-13(18)19-9-10-4-2-1-3-5-10;1-5(2,3)4/h1-5,11,16H,6-9,14H2,(H,15,18);(H3,1,2,3,4). The summed E-state index contributed by atoms with van der Waals surface area (Å²) < 4.78 is 13.8. The number of carbonyl (C=O) groups is 2. The topological polar surface area (TPSA) is 179 Å². The van der Waals surface area contributed by atoms with E-state index in [2.05, 4.69) is 5.32 Å². The molecule has 0 aromatic heterocycles. The molecule has 0 heterocycles. The number of nitrogens with one attached hydrogen (secondary N) is 1. The number of aliphatic hydroxyl groups excluding tert-OH is 1. The first-order valence-corrected chi connectivity index (χ1v) is 8.32. The summed E-state index contributed by atoms with van der Waals surface area (Å²) in [4.78, 5) is 44.1. The van der Waals surface area contributed by atoms with E-state index >= 15 is 0 Å². The maximum Gasteiger partial charge on any atom is 0.466 e. The van der Waals surface area contributed by atoms with Crippen LogP contribution in [-0.4, -0.2) is 50.9 Å². The van der Waals surface area contributed by atoms with E-state index < -0.39 is 26.6 Å². The van der Waals surface area contributed by atoms with Crippen LogP contribution in [0.15, 0.2) is 30.3 Å². The molecule has 11 heteroatoms. The number of nitrogens with two attached hydrogens (primary N) is 1. The fraction of sp³-hybridized carbons (Fsp3) is 0.385. The zero-order chi connectivity index (χ0) is 18.6. The molecule has 0 spiro atoms. The Balaban J connectivity index is 0.000000922. The van der Waals surface area contributed by atoms with Crippen LogP contribution in [0.3, 0.4) is 0 Å². The first-order valence-electron chi connectivity index (χ1n) is 6.75. The van der Waals surface area contributed by atoms with Crippen molar-refractivity contribution in [1.82, 2.24) is 5.32 Å². The van der Waals surface area contributed by atoms with E-state index in [1.54, 1.807) is 0 Å². The van der Waals surface area contributed by atoms with Crippen LogP contribution in [0.4, 0.5) is 4.79 Å². The molecule has 10 nitrogen and oxygen atoms in total. The van der Waals surface area contributed by atoms with Gasteiger partial charge in [0.25, 0.3) is 0 Å². The number of ether oxygens (including phenoxy) is 1. The first kappa shape index (κ1) is 22.2. The molecule has 136 valence electrons. The van der Waals surface area contributed by atoms with Gasteiger partial charge in [-0.1, -0.05) is 30.3 Å². The van der Waals surface area contributed by atoms with Gasteiger partial charge in [-0.15, -0.1) is 0 Å². The highest BCUT2D eigenvalue weighted by Gasteiger charge is 2.12. The van der Waals surface area contributed by atoms with E-state index in [0.717, 1.165) is 5.56 Å². The van der Waals surface area contributed by atoms with Crippen LogP contribution in [0.2, 0.25) is 0 Å². The number of rotatable bonds is 7. The van der Waals surface area contributed by atoms with Gasteiger partial charge >= 0.3 is 13.9 Å². The largest absolute Gasteiger partial charge is 0.466 e. The Kier molecular flexibility index (Phi) is 10.8. The maximum atomic E-state index is 11.3. The number of amides is 1. The van der Waals surface area contributed by atoms with Crippen molar-refractivity contribution in [3.63, 3.8) is 0 Å². The summed E-state index contributed by atoms with van der Waals surface area (Å²) >= 11 is 0. The van der Waals surface area contributed by atoms with Gasteiger partial charge in [-0.05, 0) is 5.56 Å². The number of aliphatic hydroxyl groups is 1. The average Bonchev–Trinajstić information content (AvgIpc) is 2.51. The fourth-order valence-corrected chi connectivity index (χ4v) is 1.35. The molecule has 0 radical (unpaired) electrons. The van der Waals surface area contributed by atoms with Crippen LogP contribution in [0.1, 0.15) is 12.0 Å². The molecule has 1 aromatic carbocycles. The van der Waals surface area contributed by atoms with Crippen LogP contribution >= 0.6 is 7.82 Å². The third-order valence-corrected chi connectivity index (χ3v) is 2.46. The second-order valence-corrected chi connectivity index (χ2v) is 5.53. The molecule has 1 atom stereocenters. The molecular weight excluding hydrogens is 343 g/mol. The zero-order valence-electron chi connectivity index (χ0n) is 12.7. The highest BCUT2D eigenvalue weighted by Crippen LogP contribution is 2.25. The minimum absolute atomic E-state index is 0.0716. The lowest BCUT2D eigenvalue weighted by Crippen LogP contribution is -2.36. The van der Waals surface area contributed by atoms with E-state index in [0.29, 0.717) is 0 Å². The van der Waals surface area contributed by atoms with Gasteiger partial charge in [0.1, 0.15) is 6.61 Å². The summed E-state index contributed by atoms with van der Waals surface area (Å²) in [5.74, 6) is -0.300. The van der Waals surface area contributed by atoms with Crippen LogP contribution in [0, 0.1) is 0 Å². The van der Waals surface area contributed by atoms with Crippen molar-refractivity contribution in [3.8, 4) is 0 Å². The van der Waals surface area contributed by atoms with E-state index in [-0.39, 0.29) is 25.4 Å². The molecular formula is C13H21N2O8P. The van der Waals surface area contributed by atoms with Crippen LogP contribution in [-0.2, 0) is 20.7 Å². The summed E-state index contributed by atoms with van der Waals surface area (Å²) in [7, 11) is -4.64. The molecule has 1 unspecified atom stereocenters.